The Hall–Kier alpha value is -1.39. The minimum Gasteiger partial charge on any atom is -0.352 e. The highest BCUT2D eigenvalue weighted by atomic mass is 16.1. The number of carbonyl (C=O) groups is 1. The van der Waals surface area contributed by atoms with E-state index in [-0.39, 0.29) is 5.91 Å². The normalized spacial score (nSPS) is 10.7. The minimum atomic E-state index is 0.0709. The van der Waals surface area contributed by atoms with E-state index in [0.29, 0.717) is 19.5 Å². The second kappa shape index (κ2) is 8.67. The van der Waals surface area contributed by atoms with Gasteiger partial charge in [0.1, 0.15) is 0 Å². The van der Waals surface area contributed by atoms with Gasteiger partial charge in [0.25, 0.3) is 0 Å². The lowest BCUT2D eigenvalue weighted by atomic mass is 10.1. The molecule has 4 heteroatoms. The third-order valence-electron chi connectivity index (χ3n) is 3.08. The van der Waals surface area contributed by atoms with Crippen molar-refractivity contribution in [2.75, 3.05) is 20.1 Å². The van der Waals surface area contributed by atoms with Gasteiger partial charge in [0.2, 0.25) is 5.91 Å². The molecule has 0 aliphatic heterocycles. The van der Waals surface area contributed by atoms with Gasteiger partial charge >= 0.3 is 0 Å². The molecule has 1 amide bonds. The van der Waals surface area contributed by atoms with Crippen LogP contribution in [0.4, 0.5) is 0 Å². The molecule has 0 aliphatic carbocycles. The lowest BCUT2D eigenvalue weighted by molar-refractivity contribution is -0.121. The van der Waals surface area contributed by atoms with Crippen LogP contribution in [-0.4, -0.2) is 30.9 Å². The van der Waals surface area contributed by atoms with Crippen LogP contribution in [0.25, 0.3) is 0 Å². The van der Waals surface area contributed by atoms with E-state index < -0.39 is 0 Å². The second-order valence-electron chi connectivity index (χ2n) is 4.82. The Morgan fingerprint density at radius 2 is 2.11 bits per heavy atom. The molecule has 0 saturated heterocycles. The predicted octanol–water partition coefficient (Wildman–Crippen LogP) is 1.49. The SMILES string of the molecule is CCN(C)Cc1cccc(CNC(=O)CCCN)c1. The molecule has 19 heavy (non-hydrogen) atoms. The molecule has 0 spiro atoms. The molecule has 106 valence electrons. The lowest BCUT2D eigenvalue weighted by Gasteiger charge is -2.14. The van der Waals surface area contributed by atoms with E-state index in [2.05, 4.69) is 36.3 Å². The van der Waals surface area contributed by atoms with Crippen molar-refractivity contribution < 1.29 is 4.79 Å². The first kappa shape index (κ1) is 15.7. The van der Waals surface area contributed by atoms with Crippen LogP contribution in [0.3, 0.4) is 0 Å². The molecule has 0 unspecified atom stereocenters. The van der Waals surface area contributed by atoms with Crippen molar-refractivity contribution in [2.24, 2.45) is 5.73 Å². The largest absolute Gasteiger partial charge is 0.352 e. The smallest absolute Gasteiger partial charge is 0.220 e. The molecule has 0 aliphatic rings. The topological polar surface area (TPSA) is 58.4 Å². The average Bonchev–Trinajstić information content (AvgIpc) is 2.43. The summed E-state index contributed by atoms with van der Waals surface area (Å²) < 4.78 is 0. The van der Waals surface area contributed by atoms with Crippen LogP contribution in [0.1, 0.15) is 30.9 Å². The number of nitrogens with two attached hydrogens (primary N) is 1. The summed E-state index contributed by atoms with van der Waals surface area (Å²) in [4.78, 5) is 13.8. The van der Waals surface area contributed by atoms with Crippen LogP contribution in [0.5, 0.6) is 0 Å². The first-order valence-electron chi connectivity index (χ1n) is 6.88. The number of hydrogen-bond donors (Lipinski definition) is 2. The summed E-state index contributed by atoms with van der Waals surface area (Å²) in [5, 5.41) is 2.92. The molecule has 0 bridgehead atoms. The lowest BCUT2D eigenvalue weighted by Crippen LogP contribution is -2.23. The highest BCUT2D eigenvalue weighted by Crippen LogP contribution is 2.07. The Labute approximate surface area is 116 Å². The van der Waals surface area contributed by atoms with Gasteiger partial charge in [-0.2, -0.15) is 0 Å². The Kier molecular flexibility index (Phi) is 7.15. The Balaban J connectivity index is 2.45. The molecule has 0 radical (unpaired) electrons. The molecule has 1 aromatic rings. The fourth-order valence-electron chi connectivity index (χ4n) is 1.81. The highest BCUT2D eigenvalue weighted by Gasteiger charge is 2.02. The van der Waals surface area contributed by atoms with Crippen molar-refractivity contribution in [3.8, 4) is 0 Å². The van der Waals surface area contributed by atoms with Gasteiger partial charge < -0.3 is 16.0 Å². The molecule has 0 saturated carbocycles. The van der Waals surface area contributed by atoms with Crippen LogP contribution >= 0.6 is 0 Å². The molecule has 0 fully saturated rings. The zero-order chi connectivity index (χ0) is 14.1. The summed E-state index contributed by atoms with van der Waals surface area (Å²) in [6.07, 6.45) is 1.25. The monoisotopic (exact) mass is 263 g/mol. The van der Waals surface area contributed by atoms with E-state index >= 15 is 0 Å². The van der Waals surface area contributed by atoms with Crippen LogP contribution in [0.15, 0.2) is 24.3 Å². The van der Waals surface area contributed by atoms with E-state index in [1.54, 1.807) is 0 Å². The summed E-state index contributed by atoms with van der Waals surface area (Å²) in [6, 6.07) is 8.35. The van der Waals surface area contributed by atoms with Crippen molar-refractivity contribution in [3.05, 3.63) is 35.4 Å². The van der Waals surface area contributed by atoms with E-state index in [4.69, 9.17) is 5.73 Å². The highest BCUT2D eigenvalue weighted by molar-refractivity contribution is 5.75. The van der Waals surface area contributed by atoms with Gasteiger partial charge in [-0.1, -0.05) is 31.2 Å². The first-order valence-corrected chi connectivity index (χ1v) is 6.88. The van der Waals surface area contributed by atoms with Gasteiger partial charge in [-0.05, 0) is 37.7 Å². The third-order valence-corrected chi connectivity index (χ3v) is 3.08. The van der Waals surface area contributed by atoms with E-state index in [0.717, 1.165) is 25.1 Å². The molecule has 0 heterocycles. The number of carbonyl (C=O) groups excluding carboxylic acids is 1. The Bertz CT molecular complexity index is 393. The Morgan fingerprint density at radius 1 is 1.37 bits per heavy atom. The standard InChI is InChI=1S/C15H25N3O/c1-3-18(2)12-14-7-4-6-13(10-14)11-17-15(19)8-5-9-16/h4,6-7,10H,3,5,8-9,11-12,16H2,1-2H3,(H,17,19). The number of benzene rings is 1. The van der Waals surface area contributed by atoms with Crippen LogP contribution < -0.4 is 11.1 Å². The fourth-order valence-corrected chi connectivity index (χ4v) is 1.81. The van der Waals surface area contributed by atoms with Gasteiger partial charge in [-0.15, -0.1) is 0 Å². The van der Waals surface area contributed by atoms with Crippen molar-refractivity contribution in [1.82, 2.24) is 10.2 Å². The maximum absolute atomic E-state index is 11.5. The fraction of sp³-hybridized carbons (Fsp3) is 0.533. The van der Waals surface area contributed by atoms with Crippen LogP contribution in [-0.2, 0) is 17.9 Å². The van der Waals surface area contributed by atoms with E-state index in [1.165, 1.54) is 5.56 Å². The van der Waals surface area contributed by atoms with E-state index in [1.807, 2.05) is 12.1 Å². The molecule has 0 atom stereocenters. The zero-order valence-corrected chi connectivity index (χ0v) is 12.0. The molecule has 1 aromatic carbocycles. The number of nitrogens with one attached hydrogen (secondary N) is 1. The quantitative estimate of drug-likeness (QED) is 0.747. The second-order valence-corrected chi connectivity index (χ2v) is 4.82. The third kappa shape index (κ3) is 6.36. The first-order chi connectivity index (χ1) is 9.15. The van der Waals surface area contributed by atoms with Crippen molar-refractivity contribution >= 4 is 5.91 Å². The average molecular weight is 263 g/mol. The number of amides is 1. The maximum Gasteiger partial charge on any atom is 0.220 e. The number of hydrogen-bond acceptors (Lipinski definition) is 3. The zero-order valence-electron chi connectivity index (χ0n) is 12.0. The predicted molar refractivity (Wildman–Crippen MR) is 78.6 cm³/mol. The van der Waals surface area contributed by atoms with Gasteiger partial charge in [-0.3, -0.25) is 4.79 Å². The van der Waals surface area contributed by atoms with Crippen LogP contribution in [0, 0.1) is 0 Å². The van der Waals surface area contributed by atoms with Crippen molar-refractivity contribution in [3.63, 3.8) is 0 Å². The van der Waals surface area contributed by atoms with Gasteiger partial charge in [0.15, 0.2) is 0 Å². The van der Waals surface area contributed by atoms with Gasteiger partial charge in [-0.25, -0.2) is 0 Å². The molecular formula is C15H25N3O. The summed E-state index contributed by atoms with van der Waals surface area (Å²) in [5.41, 5.74) is 7.80. The molecule has 3 N–H and O–H groups in total. The summed E-state index contributed by atoms with van der Waals surface area (Å²) >= 11 is 0. The number of rotatable bonds is 8. The number of nitrogens with zero attached hydrogens (tertiary/aromatic N) is 1. The summed E-state index contributed by atoms with van der Waals surface area (Å²) in [5.74, 6) is 0.0709. The summed E-state index contributed by atoms with van der Waals surface area (Å²) in [6.45, 7) is 5.26. The molecular weight excluding hydrogens is 238 g/mol. The summed E-state index contributed by atoms with van der Waals surface area (Å²) in [7, 11) is 2.10. The van der Waals surface area contributed by atoms with Crippen LogP contribution in [0.2, 0.25) is 0 Å². The Morgan fingerprint density at radius 3 is 2.79 bits per heavy atom. The van der Waals surface area contributed by atoms with Gasteiger partial charge in [0, 0.05) is 19.5 Å². The minimum absolute atomic E-state index is 0.0709. The van der Waals surface area contributed by atoms with Crippen molar-refractivity contribution in [1.29, 1.82) is 0 Å². The molecule has 0 aromatic heterocycles. The molecule has 1 rings (SSSR count). The van der Waals surface area contributed by atoms with Gasteiger partial charge in [0.05, 0.1) is 0 Å². The molecule has 4 nitrogen and oxygen atoms in total. The van der Waals surface area contributed by atoms with Crippen molar-refractivity contribution in [2.45, 2.75) is 32.9 Å². The van der Waals surface area contributed by atoms with E-state index in [9.17, 15) is 4.79 Å². The maximum atomic E-state index is 11.5.